The summed E-state index contributed by atoms with van der Waals surface area (Å²) in [5.74, 6) is -0.568. The summed E-state index contributed by atoms with van der Waals surface area (Å²) in [4.78, 5) is 26.8. The van der Waals surface area contributed by atoms with Gasteiger partial charge in [-0.1, -0.05) is 6.07 Å². The molecule has 0 spiro atoms. The molecule has 37 heavy (non-hydrogen) atoms. The third-order valence-electron chi connectivity index (χ3n) is 6.17. The van der Waals surface area contributed by atoms with Crippen LogP contribution < -0.4 is 11.1 Å². The SMILES string of the molecule is COCC(C)(C)NC(=O)c1cn2c(-c3ccc4nccc(C)c4c3)c(-c3ccc(F)cc3)nc(N)c2n1. The molecule has 0 aliphatic rings. The van der Waals surface area contributed by atoms with Gasteiger partial charge in [-0.2, -0.15) is 0 Å². The number of aryl methyl sites for hydroxylation is 1. The minimum atomic E-state index is -0.601. The van der Waals surface area contributed by atoms with Crippen LogP contribution in [0.5, 0.6) is 0 Å². The summed E-state index contributed by atoms with van der Waals surface area (Å²) in [5, 5.41) is 3.93. The molecule has 2 aromatic carbocycles. The lowest BCUT2D eigenvalue weighted by atomic mass is 10.0. The summed E-state index contributed by atoms with van der Waals surface area (Å²) in [7, 11) is 1.58. The first-order valence-corrected chi connectivity index (χ1v) is 11.8. The van der Waals surface area contributed by atoms with Gasteiger partial charge in [0.25, 0.3) is 5.91 Å². The third kappa shape index (κ3) is 4.61. The van der Waals surface area contributed by atoms with Crippen molar-refractivity contribution in [2.45, 2.75) is 26.3 Å². The number of nitrogens with two attached hydrogens (primary N) is 1. The number of carbonyl (C=O) groups is 1. The third-order valence-corrected chi connectivity index (χ3v) is 6.17. The molecule has 0 atom stereocenters. The zero-order valence-electron chi connectivity index (χ0n) is 21.0. The van der Waals surface area contributed by atoms with E-state index in [4.69, 9.17) is 10.5 Å². The highest BCUT2D eigenvalue weighted by Crippen LogP contribution is 2.35. The number of anilines is 1. The van der Waals surface area contributed by atoms with Crippen LogP contribution in [-0.4, -0.2) is 44.5 Å². The van der Waals surface area contributed by atoms with Gasteiger partial charge < -0.3 is 15.8 Å². The van der Waals surface area contributed by atoms with E-state index in [0.29, 0.717) is 29.2 Å². The average Bonchev–Trinajstić information content (AvgIpc) is 3.31. The van der Waals surface area contributed by atoms with E-state index in [0.717, 1.165) is 22.0 Å². The number of rotatable bonds is 6. The van der Waals surface area contributed by atoms with Crippen molar-refractivity contribution in [2.75, 3.05) is 19.5 Å². The average molecular weight is 499 g/mol. The maximum absolute atomic E-state index is 13.7. The Morgan fingerprint density at radius 3 is 2.57 bits per heavy atom. The number of benzene rings is 2. The molecule has 3 N–H and O–H groups in total. The minimum absolute atomic E-state index is 0.150. The molecule has 1 amide bonds. The van der Waals surface area contributed by atoms with E-state index in [1.807, 2.05) is 45.0 Å². The molecule has 0 fully saturated rings. The first-order valence-electron chi connectivity index (χ1n) is 11.8. The lowest BCUT2D eigenvalue weighted by molar-refractivity contribution is 0.0816. The van der Waals surface area contributed by atoms with E-state index >= 15 is 0 Å². The Hall–Kier alpha value is -4.37. The fourth-order valence-electron chi connectivity index (χ4n) is 4.46. The highest BCUT2D eigenvalue weighted by Gasteiger charge is 2.25. The number of aromatic nitrogens is 4. The number of imidazole rings is 1. The predicted molar refractivity (Wildman–Crippen MR) is 142 cm³/mol. The number of fused-ring (bicyclic) bond motifs is 2. The Bertz CT molecular complexity index is 1640. The second-order valence-corrected chi connectivity index (χ2v) is 9.65. The minimum Gasteiger partial charge on any atom is -0.382 e. The standard InChI is InChI=1S/C28H27FN6O2/c1-16-11-12-31-21-10-7-18(13-20(16)21)24-23(17-5-8-19(29)9-6-17)33-25(30)26-32-22(14-35(24)26)27(36)34-28(2,3)15-37-4/h5-14H,15H2,1-4H3,(H2,30,33)(H,34,36). The van der Waals surface area contributed by atoms with Crippen molar-refractivity contribution in [3.63, 3.8) is 0 Å². The van der Waals surface area contributed by atoms with Crippen LogP contribution in [0.3, 0.4) is 0 Å². The quantitative estimate of drug-likeness (QED) is 0.348. The van der Waals surface area contributed by atoms with E-state index in [-0.39, 0.29) is 23.2 Å². The fourth-order valence-corrected chi connectivity index (χ4v) is 4.46. The molecule has 0 unspecified atom stereocenters. The van der Waals surface area contributed by atoms with Crippen LogP contribution in [-0.2, 0) is 4.74 Å². The predicted octanol–water partition coefficient (Wildman–Crippen LogP) is 4.80. The van der Waals surface area contributed by atoms with E-state index < -0.39 is 5.54 Å². The molecule has 0 saturated heterocycles. The molecular weight excluding hydrogens is 471 g/mol. The van der Waals surface area contributed by atoms with Crippen LogP contribution >= 0.6 is 0 Å². The van der Waals surface area contributed by atoms with Gasteiger partial charge >= 0.3 is 0 Å². The molecule has 0 aliphatic carbocycles. The molecule has 9 heteroatoms. The number of carbonyl (C=O) groups excluding carboxylic acids is 1. The molecule has 188 valence electrons. The van der Waals surface area contributed by atoms with Gasteiger partial charge in [-0.05, 0) is 68.8 Å². The second kappa shape index (κ2) is 9.25. The Balaban J connectivity index is 1.75. The zero-order valence-corrected chi connectivity index (χ0v) is 21.0. The van der Waals surface area contributed by atoms with Crippen molar-refractivity contribution in [3.8, 4) is 22.5 Å². The number of methoxy groups -OCH3 is 1. The first-order chi connectivity index (χ1) is 17.7. The van der Waals surface area contributed by atoms with Crippen molar-refractivity contribution >= 4 is 28.3 Å². The second-order valence-electron chi connectivity index (χ2n) is 9.65. The monoisotopic (exact) mass is 498 g/mol. The van der Waals surface area contributed by atoms with Crippen LogP contribution in [0.2, 0.25) is 0 Å². The molecule has 8 nitrogen and oxygen atoms in total. The summed E-state index contributed by atoms with van der Waals surface area (Å²) >= 11 is 0. The van der Waals surface area contributed by atoms with Crippen LogP contribution in [0, 0.1) is 12.7 Å². The number of hydrogen-bond acceptors (Lipinski definition) is 6. The highest BCUT2D eigenvalue weighted by atomic mass is 19.1. The lowest BCUT2D eigenvalue weighted by Crippen LogP contribution is -2.46. The summed E-state index contributed by atoms with van der Waals surface area (Å²) in [6, 6.07) is 13.9. The largest absolute Gasteiger partial charge is 0.382 e. The molecule has 3 heterocycles. The maximum atomic E-state index is 13.7. The molecule has 0 saturated carbocycles. The smallest absolute Gasteiger partial charge is 0.272 e. The van der Waals surface area contributed by atoms with Crippen LogP contribution in [0.15, 0.2) is 60.9 Å². The summed E-state index contributed by atoms with van der Waals surface area (Å²) in [6.07, 6.45) is 3.42. The Morgan fingerprint density at radius 2 is 1.84 bits per heavy atom. The number of hydrogen-bond donors (Lipinski definition) is 2. The number of amides is 1. The van der Waals surface area contributed by atoms with Gasteiger partial charge in [0.15, 0.2) is 11.5 Å². The van der Waals surface area contributed by atoms with Gasteiger partial charge in [-0.3, -0.25) is 14.2 Å². The van der Waals surface area contributed by atoms with Crippen LogP contribution in [0.1, 0.15) is 29.9 Å². The van der Waals surface area contributed by atoms with Gasteiger partial charge in [-0.25, -0.2) is 14.4 Å². The summed E-state index contributed by atoms with van der Waals surface area (Å²) in [5.41, 5.74) is 10.9. The van der Waals surface area contributed by atoms with Crippen LogP contribution in [0.25, 0.3) is 39.1 Å². The fraction of sp³-hybridized carbons (Fsp3) is 0.214. The molecule has 0 aliphatic heterocycles. The number of nitrogen functional groups attached to an aromatic ring is 1. The molecule has 3 aromatic heterocycles. The number of nitrogens with zero attached hydrogens (tertiary/aromatic N) is 4. The number of ether oxygens (including phenoxy) is 1. The molecule has 5 aromatic rings. The molecular formula is C28H27FN6O2. The molecule has 0 bridgehead atoms. The summed E-state index contributed by atoms with van der Waals surface area (Å²) < 4.78 is 20.7. The number of pyridine rings is 1. The number of halogens is 1. The van der Waals surface area contributed by atoms with Crippen molar-refractivity contribution < 1.29 is 13.9 Å². The lowest BCUT2D eigenvalue weighted by Gasteiger charge is -2.24. The van der Waals surface area contributed by atoms with Gasteiger partial charge in [0.05, 0.1) is 29.1 Å². The van der Waals surface area contributed by atoms with E-state index in [2.05, 4.69) is 20.3 Å². The number of nitrogens with one attached hydrogen (secondary N) is 1. The normalized spacial score (nSPS) is 11.8. The summed E-state index contributed by atoms with van der Waals surface area (Å²) in [6.45, 7) is 6.08. The molecule has 0 radical (unpaired) electrons. The van der Waals surface area contributed by atoms with Crippen molar-refractivity contribution in [1.82, 2.24) is 24.7 Å². The van der Waals surface area contributed by atoms with E-state index in [9.17, 15) is 9.18 Å². The molecule has 5 rings (SSSR count). The van der Waals surface area contributed by atoms with Gasteiger partial charge in [0, 0.05) is 36.0 Å². The maximum Gasteiger partial charge on any atom is 0.272 e. The van der Waals surface area contributed by atoms with Crippen molar-refractivity contribution in [3.05, 3.63) is 78.0 Å². The first kappa shape index (κ1) is 24.3. The zero-order chi connectivity index (χ0) is 26.3. The van der Waals surface area contributed by atoms with E-state index in [1.54, 1.807) is 36.0 Å². The van der Waals surface area contributed by atoms with Crippen molar-refractivity contribution in [1.29, 1.82) is 0 Å². The highest BCUT2D eigenvalue weighted by molar-refractivity contribution is 5.95. The van der Waals surface area contributed by atoms with Gasteiger partial charge in [0.1, 0.15) is 11.5 Å². The Labute approximate surface area is 213 Å². The Morgan fingerprint density at radius 1 is 1.11 bits per heavy atom. The van der Waals surface area contributed by atoms with E-state index in [1.165, 1.54) is 12.1 Å². The topological polar surface area (TPSA) is 107 Å². The van der Waals surface area contributed by atoms with Crippen LogP contribution in [0.4, 0.5) is 10.2 Å². The van der Waals surface area contributed by atoms with Crippen molar-refractivity contribution in [2.24, 2.45) is 0 Å². The van der Waals surface area contributed by atoms with Gasteiger partial charge in [0.2, 0.25) is 0 Å². The van der Waals surface area contributed by atoms with Gasteiger partial charge in [-0.15, -0.1) is 0 Å². The Kier molecular flexibility index (Phi) is 6.08.